The van der Waals surface area contributed by atoms with E-state index in [9.17, 15) is 10.2 Å². The van der Waals surface area contributed by atoms with Crippen LogP contribution in [0.15, 0.2) is 6.33 Å². The van der Waals surface area contributed by atoms with E-state index in [-0.39, 0.29) is 18.9 Å². The minimum Gasteiger partial charge on any atom is -0.476 e. The molecule has 7 nitrogen and oxygen atoms in total. The van der Waals surface area contributed by atoms with Gasteiger partial charge in [0.15, 0.2) is 5.82 Å². The smallest absolute Gasteiger partial charge is 0.242 e. The Kier molecular flexibility index (Phi) is 5.78. The van der Waals surface area contributed by atoms with Gasteiger partial charge in [-0.15, -0.1) is 0 Å². The van der Waals surface area contributed by atoms with E-state index in [1.165, 1.54) is 6.33 Å². The standard InChI is InChI=1S/C12H22N4O3/c1-3-5-19-11-9(13)10(14-8-15-11)16-12(4-2,6-17)7-18/h8,17-18H,3-7,13H2,1-2H3,(H,14,15,16). The minimum absolute atomic E-state index is 0.228. The van der Waals surface area contributed by atoms with Crippen LogP contribution in [0.25, 0.3) is 0 Å². The summed E-state index contributed by atoms with van der Waals surface area (Å²) in [6.45, 7) is 3.89. The SMILES string of the molecule is CCCOc1ncnc(NC(CC)(CO)CO)c1N. The zero-order valence-electron chi connectivity index (χ0n) is 11.4. The summed E-state index contributed by atoms with van der Waals surface area (Å²) in [6, 6.07) is 0. The van der Waals surface area contributed by atoms with Gasteiger partial charge in [-0.3, -0.25) is 0 Å². The van der Waals surface area contributed by atoms with E-state index in [0.29, 0.717) is 24.7 Å². The van der Waals surface area contributed by atoms with Crippen molar-refractivity contribution in [1.29, 1.82) is 0 Å². The van der Waals surface area contributed by atoms with E-state index in [2.05, 4.69) is 15.3 Å². The summed E-state index contributed by atoms with van der Waals surface area (Å²) in [5.41, 5.74) is 5.34. The minimum atomic E-state index is -0.857. The highest BCUT2D eigenvalue weighted by Gasteiger charge is 2.28. The summed E-state index contributed by atoms with van der Waals surface area (Å²) in [7, 11) is 0. The van der Waals surface area contributed by atoms with Gasteiger partial charge in [-0.25, -0.2) is 4.98 Å². The fraction of sp³-hybridized carbons (Fsp3) is 0.667. The number of anilines is 2. The Morgan fingerprint density at radius 3 is 2.53 bits per heavy atom. The van der Waals surface area contributed by atoms with Gasteiger partial charge < -0.3 is 26.0 Å². The number of nitrogens with zero attached hydrogens (tertiary/aromatic N) is 2. The quantitative estimate of drug-likeness (QED) is 0.540. The molecule has 0 saturated carbocycles. The number of aliphatic hydroxyl groups excluding tert-OH is 2. The van der Waals surface area contributed by atoms with Gasteiger partial charge in [-0.1, -0.05) is 13.8 Å². The summed E-state index contributed by atoms with van der Waals surface area (Å²) < 4.78 is 5.40. The second-order valence-corrected chi connectivity index (χ2v) is 4.36. The normalized spacial score (nSPS) is 11.4. The number of nitrogens with two attached hydrogens (primary N) is 1. The van der Waals surface area contributed by atoms with Crippen LogP contribution < -0.4 is 15.8 Å². The fourth-order valence-corrected chi connectivity index (χ4v) is 1.48. The van der Waals surface area contributed by atoms with Gasteiger partial charge in [0.25, 0.3) is 0 Å². The molecule has 7 heteroatoms. The molecule has 0 unspecified atom stereocenters. The molecular weight excluding hydrogens is 248 g/mol. The zero-order valence-corrected chi connectivity index (χ0v) is 11.4. The Bertz CT molecular complexity index is 388. The Balaban J connectivity index is 2.94. The van der Waals surface area contributed by atoms with Gasteiger partial charge in [0.05, 0.1) is 25.4 Å². The van der Waals surface area contributed by atoms with Gasteiger partial charge in [-0.05, 0) is 12.8 Å². The molecule has 5 N–H and O–H groups in total. The highest BCUT2D eigenvalue weighted by molar-refractivity contribution is 5.67. The van der Waals surface area contributed by atoms with E-state index in [1.807, 2.05) is 13.8 Å². The van der Waals surface area contributed by atoms with Crippen molar-refractivity contribution in [2.75, 3.05) is 30.9 Å². The number of rotatable bonds is 8. The molecule has 0 aromatic carbocycles. The second kappa shape index (κ2) is 7.10. The summed E-state index contributed by atoms with van der Waals surface area (Å²) in [4.78, 5) is 7.99. The predicted molar refractivity (Wildman–Crippen MR) is 73.0 cm³/mol. The van der Waals surface area contributed by atoms with Gasteiger partial charge in [0.2, 0.25) is 5.88 Å². The Hall–Kier alpha value is -1.60. The van der Waals surface area contributed by atoms with E-state index in [1.54, 1.807) is 0 Å². The van der Waals surface area contributed by atoms with Crippen LogP contribution in [-0.4, -0.2) is 45.5 Å². The molecule has 0 fully saturated rings. The summed E-state index contributed by atoms with van der Waals surface area (Å²) in [5.74, 6) is 0.659. The molecule has 0 atom stereocenters. The molecule has 1 rings (SSSR count). The van der Waals surface area contributed by atoms with Crippen molar-refractivity contribution in [2.45, 2.75) is 32.2 Å². The second-order valence-electron chi connectivity index (χ2n) is 4.36. The van der Waals surface area contributed by atoms with Crippen LogP contribution in [0.4, 0.5) is 11.5 Å². The van der Waals surface area contributed by atoms with Crippen LogP contribution in [-0.2, 0) is 0 Å². The maximum absolute atomic E-state index is 9.40. The van der Waals surface area contributed by atoms with E-state index >= 15 is 0 Å². The lowest BCUT2D eigenvalue weighted by Crippen LogP contribution is -2.45. The Labute approximate surface area is 112 Å². The van der Waals surface area contributed by atoms with E-state index in [4.69, 9.17) is 10.5 Å². The molecule has 0 spiro atoms. The summed E-state index contributed by atoms with van der Waals surface area (Å²) in [6.07, 6.45) is 2.70. The highest BCUT2D eigenvalue weighted by atomic mass is 16.5. The average molecular weight is 270 g/mol. The van der Waals surface area contributed by atoms with Crippen LogP contribution in [0.5, 0.6) is 5.88 Å². The van der Waals surface area contributed by atoms with Crippen molar-refractivity contribution in [3.8, 4) is 5.88 Å². The molecule has 0 aliphatic rings. The molecule has 0 saturated heterocycles. The Morgan fingerprint density at radius 2 is 2.00 bits per heavy atom. The van der Waals surface area contributed by atoms with Crippen molar-refractivity contribution in [3.05, 3.63) is 6.33 Å². The first-order valence-corrected chi connectivity index (χ1v) is 6.35. The number of nitrogen functional groups attached to an aromatic ring is 1. The van der Waals surface area contributed by atoms with Crippen molar-refractivity contribution >= 4 is 11.5 Å². The van der Waals surface area contributed by atoms with Gasteiger partial charge in [-0.2, -0.15) is 4.98 Å². The molecule has 0 aliphatic carbocycles. The average Bonchev–Trinajstić information content (AvgIpc) is 2.45. The molecule has 1 heterocycles. The number of aromatic nitrogens is 2. The zero-order chi connectivity index (χ0) is 14.3. The maximum atomic E-state index is 9.40. The first-order chi connectivity index (χ1) is 9.12. The van der Waals surface area contributed by atoms with Gasteiger partial charge in [0, 0.05) is 0 Å². The third-order valence-corrected chi connectivity index (χ3v) is 2.96. The molecule has 0 amide bonds. The molecule has 19 heavy (non-hydrogen) atoms. The number of nitrogens with one attached hydrogen (secondary N) is 1. The molecule has 1 aromatic rings. The molecule has 0 bridgehead atoms. The van der Waals surface area contributed by atoms with Crippen LogP contribution in [0.3, 0.4) is 0 Å². The topological polar surface area (TPSA) is 114 Å². The monoisotopic (exact) mass is 270 g/mol. The van der Waals surface area contributed by atoms with Crippen LogP contribution >= 0.6 is 0 Å². The van der Waals surface area contributed by atoms with Crippen LogP contribution in [0.2, 0.25) is 0 Å². The molecule has 1 aromatic heterocycles. The van der Waals surface area contributed by atoms with Gasteiger partial charge >= 0.3 is 0 Å². The fourth-order valence-electron chi connectivity index (χ4n) is 1.48. The lowest BCUT2D eigenvalue weighted by molar-refractivity contribution is 0.132. The largest absolute Gasteiger partial charge is 0.476 e. The molecule has 0 radical (unpaired) electrons. The van der Waals surface area contributed by atoms with E-state index in [0.717, 1.165) is 6.42 Å². The maximum Gasteiger partial charge on any atom is 0.242 e. The van der Waals surface area contributed by atoms with Crippen LogP contribution in [0.1, 0.15) is 26.7 Å². The Morgan fingerprint density at radius 1 is 1.32 bits per heavy atom. The van der Waals surface area contributed by atoms with Gasteiger partial charge in [0.1, 0.15) is 12.0 Å². The lowest BCUT2D eigenvalue weighted by atomic mass is 9.98. The molecule has 108 valence electrons. The number of ether oxygens (including phenoxy) is 1. The number of hydrogen-bond acceptors (Lipinski definition) is 7. The van der Waals surface area contributed by atoms with Crippen molar-refractivity contribution in [1.82, 2.24) is 9.97 Å². The third kappa shape index (κ3) is 3.68. The van der Waals surface area contributed by atoms with Crippen molar-refractivity contribution in [2.24, 2.45) is 0 Å². The summed E-state index contributed by atoms with van der Waals surface area (Å²) >= 11 is 0. The van der Waals surface area contributed by atoms with E-state index < -0.39 is 5.54 Å². The molecule has 0 aliphatic heterocycles. The van der Waals surface area contributed by atoms with Crippen molar-refractivity contribution in [3.63, 3.8) is 0 Å². The lowest BCUT2D eigenvalue weighted by Gasteiger charge is -2.30. The number of hydrogen-bond donors (Lipinski definition) is 4. The number of aliphatic hydroxyl groups is 2. The third-order valence-electron chi connectivity index (χ3n) is 2.96. The first-order valence-electron chi connectivity index (χ1n) is 6.35. The van der Waals surface area contributed by atoms with Crippen LogP contribution in [0, 0.1) is 0 Å². The predicted octanol–water partition coefficient (Wildman–Crippen LogP) is 0.393. The first kappa shape index (κ1) is 15.5. The van der Waals surface area contributed by atoms with Crippen molar-refractivity contribution < 1.29 is 14.9 Å². The molecular formula is C12H22N4O3. The summed E-state index contributed by atoms with van der Waals surface area (Å²) in [5, 5.41) is 21.8. The highest BCUT2D eigenvalue weighted by Crippen LogP contribution is 2.27.